The lowest BCUT2D eigenvalue weighted by Crippen LogP contribution is -2.29. The number of alkyl halides is 1. The summed E-state index contributed by atoms with van der Waals surface area (Å²) in [6, 6.07) is 7.64. The molecule has 0 heterocycles. The lowest BCUT2D eigenvalue weighted by Gasteiger charge is -2.09. The fraction of sp³-hybridized carbons (Fsp3) is 0.417. The Bertz CT molecular complexity index is 339. The smallest absolute Gasteiger partial charge is 0.251 e. The number of carbonyl (C=O) groups is 1. The van der Waals surface area contributed by atoms with E-state index in [1.54, 1.807) is 11.8 Å². The highest BCUT2D eigenvalue weighted by Gasteiger charge is 2.07. The summed E-state index contributed by atoms with van der Waals surface area (Å²) in [5.74, 6) is -0.00875. The van der Waals surface area contributed by atoms with Gasteiger partial charge in [0.1, 0.15) is 0 Å². The van der Waals surface area contributed by atoms with E-state index in [9.17, 15) is 4.79 Å². The summed E-state index contributed by atoms with van der Waals surface area (Å²) in [5, 5.41) is 2.89. The van der Waals surface area contributed by atoms with Crippen molar-refractivity contribution < 1.29 is 4.79 Å². The van der Waals surface area contributed by atoms with Crippen LogP contribution in [0.5, 0.6) is 0 Å². The number of benzene rings is 1. The van der Waals surface area contributed by atoms with Gasteiger partial charge in [0, 0.05) is 21.8 Å². The third-order valence-electron chi connectivity index (χ3n) is 2.28. The van der Waals surface area contributed by atoms with E-state index in [4.69, 9.17) is 0 Å². The van der Waals surface area contributed by atoms with E-state index in [-0.39, 0.29) is 5.91 Å². The third-order valence-corrected chi connectivity index (χ3v) is 3.99. The number of amides is 1. The highest BCUT2D eigenvalue weighted by Crippen LogP contribution is 2.14. The van der Waals surface area contributed by atoms with Crippen molar-refractivity contribution in [3.63, 3.8) is 0 Å². The predicted molar refractivity (Wildman–Crippen MR) is 73.6 cm³/mol. The molecule has 4 heteroatoms. The van der Waals surface area contributed by atoms with Gasteiger partial charge in [0.2, 0.25) is 0 Å². The number of hydrogen-bond acceptors (Lipinski definition) is 2. The van der Waals surface area contributed by atoms with E-state index in [1.807, 2.05) is 30.5 Å². The van der Waals surface area contributed by atoms with Gasteiger partial charge in [-0.15, -0.1) is 11.8 Å². The van der Waals surface area contributed by atoms with Crippen LogP contribution in [0.2, 0.25) is 0 Å². The fourth-order valence-corrected chi connectivity index (χ4v) is 1.76. The average Bonchev–Trinajstić information content (AvgIpc) is 2.35. The Kier molecular flexibility index (Phi) is 5.91. The minimum atomic E-state index is -0.00875. The van der Waals surface area contributed by atoms with E-state index in [2.05, 4.69) is 28.2 Å². The summed E-state index contributed by atoms with van der Waals surface area (Å²) in [6.07, 6.45) is 3.03. The molecule has 0 radical (unpaired) electrons. The van der Waals surface area contributed by atoms with Crippen LogP contribution in [0.3, 0.4) is 0 Å². The van der Waals surface area contributed by atoms with Crippen molar-refractivity contribution in [1.82, 2.24) is 5.32 Å². The van der Waals surface area contributed by atoms with Crippen molar-refractivity contribution in [3.8, 4) is 0 Å². The Morgan fingerprint density at radius 2 is 2.06 bits per heavy atom. The summed E-state index contributed by atoms with van der Waals surface area (Å²) in [6.45, 7) is 2.75. The molecular weight excluding hydrogens is 286 g/mol. The van der Waals surface area contributed by atoms with Gasteiger partial charge in [0.25, 0.3) is 5.91 Å². The molecule has 1 aromatic rings. The van der Waals surface area contributed by atoms with Gasteiger partial charge in [-0.05, 0) is 36.9 Å². The Morgan fingerprint density at radius 1 is 1.44 bits per heavy atom. The molecule has 2 nitrogen and oxygen atoms in total. The first kappa shape index (κ1) is 13.6. The summed E-state index contributed by atoms with van der Waals surface area (Å²) in [5.41, 5.74) is 0.716. The first-order valence-electron chi connectivity index (χ1n) is 5.23. The molecule has 0 bridgehead atoms. The topological polar surface area (TPSA) is 29.1 Å². The van der Waals surface area contributed by atoms with Crippen LogP contribution in [0.4, 0.5) is 0 Å². The second-order valence-corrected chi connectivity index (χ2v) is 5.62. The number of rotatable bonds is 5. The largest absolute Gasteiger partial charge is 0.351 e. The van der Waals surface area contributed by atoms with Gasteiger partial charge in [0.05, 0.1) is 0 Å². The number of thioether (sulfide) groups is 1. The maximum Gasteiger partial charge on any atom is 0.251 e. The normalized spacial score (nSPS) is 12.2. The van der Waals surface area contributed by atoms with Crippen LogP contribution in [-0.2, 0) is 0 Å². The Balaban J connectivity index is 2.52. The van der Waals surface area contributed by atoms with Crippen molar-refractivity contribution in [2.75, 3.05) is 12.8 Å². The SMILES string of the molecule is CCC(Br)CNC(=O)c1ccc(SC)cc1. The highest BCUT2D eigenvalue weighted by atomic mass is 79.9. The lowest BCUT2D eigenvalue weighted by atomic mass is 10.2. The van der Waals surface area contributed by atoms with Crippen molar-refractivity contribution in [3.05, 3.63) is 29.8 Å². The molecule has 0 spiro atoms. The van der Waals surface area contributed by atoms with Gasteiger partial charge < -0.3 is 5.32 Å². The summed E-state index contributed by atoms with van der Waals surface area (Å²) in [7, 11) is 0. The molecule has 0 aromatic heterocycles. The Morgan fingerprint density at radius 3 is 2.56 bits per heavy atom. The van der Waals surface area contributed by atoms with Gasteiger partial charge in [0.15, 0.2) is 0 Å². The second-order valence-electron chi connectivity index (χ2n) is 3.44. The summed E-state index contributed by atoms with van der Waals surface area (Å²) < 4.78 is 0. The van der Waals surface area contributed by atoms with Crippen molar-refractivity contribution in [1.29, 1.82) is 0 Å². The Hall–Kier alpha value is -0.480. The predicted octanol–water partition coefficient (Wildman–Crippen LogP) is 3.31. The number of carbonyl (C=O) groups excluding carboxylic acids is 1. The molecule has 0 saturated carbocycles. The fourth-order valence-electron chi connectivity index (χ4n) is 1.19. The lowest BCUT2D eigenvalue weighted by molar-refractivity contribution is 0.0954. The Labute approximate surface area is 109 Å². The molecule has 1 atom stereocenters. The van der Waals surface area contributed by atoms with Gasteiger partial charge in [-0.25, -0.2) is 0 Å². The zero-order chi connectivity index (χ0) is 12.0. The molecule has 16 heavy (non-hydrogen) atoms. The van der Waals surface area contributed by atoms with Crippen molar-refractivity contribution in [2.45, 2.75) is 23.1 Å². The molecule has 0 saturated heterocycles. The van der Waals surface area contributed by atoms with E-state index in [1.165, 1.54) is 4.90 Å². The van der Waals surface area contributed by atoms with Crippen molar-refractivity contribution in [2.24, 2.45) is 0 Å². The molecule has 0 fully saturated rings. The van der Waals surface area contributed by atoms with Gasteiger partial charge in [-0.2, -0.15) is 0 Å². The van der Waals surface area contributed by atoms with Crippen LogP contribution in [-0.4, -0.2) is 23.5 Å². The minimum Gasteiger partial charge on any atom is -0.351 e. The molecule has 0 aliphatic heterocycles. The van der Waals surface area contributed by atoms with Crippen LogP contribution in [0.1, 0.15) is 23.7 Å². The number of halogens is 1. The zero-order valence-corrected chi connectivity index (χ0v) is 11.9. The van der Waals surface area contributed by atoms with Crippen LogP contribution >= 0.6 is 27.7 Å². The molecule has 88 valence electrons. The highest BCUT2D eigenvalue weighted by molar-refractivity contribution is 9.09. The van der Waals surface area contributed by atoms with Gasteiger partial charge >= 0.3 is 0 Å². The monoisotopic (exact) mass is 301 g/mol. The molecule has 0 aliphatic rings. The maximum absolute atomic E-state index is 11.7. The first-order chi connectivity index (χ1) is 7.67. The molecule has 0 aliphatic carbocycles. The average molecular weight is 302 g/mol. The standard InChI is InChI=1S/C12H16BrNOS/c1-3-10(13)8-14-12(15)9-4-6-11(16-2)7-5-9/h4-7,10H,3,8H2,1-2H3,(H,14,15). The van der Waals surface area contributed by atoms with Gasteiger partial charge in [-0.3, -0.25) is 4.79 Å². The van der Waals surface area contributed by atoms with Crippen LogP contribution < -0.4 is 5.32 Å². The van der Waals surface area contributed by atoms with Crippen molar-refractivity contribution >= 4 is 33.6 Å². The summed E-state index contributed by atoms with van der Waals surface area (Å²) >= 11 is 5.15. The molecular formula is C12H16BrNOS. The van der Waals surface area contributed by atoms with Gasteiger partial charge in [-0.1, -0.05) is 22.9 Å². The van der Waals surface area contributed by atoms with Crippen LogP contribution in [0.15, 0.2) is 29.2 Å². The first-order valence-corrected chi connectivity index (χ1v) is 7.37. The second kappa shape index (κ2) is 6.97. The maximum atomic E-state index is 11.7. The van der Waals surface area contributed by atoms with E-state index in [0.717, 1.165) is 6.42 Å². The molecule has 1 aromatic carbocycles. The number of hydrogen-bond donors (Lipinski definition) is 1. The molecule has 1 rings (SSSR count). The van der Waals surface area contributed by atoms with E-state index in [0.29, 0.717) is 16.9 Å². The molecule has 1 unspecified atom stereocenters. The van der Waals surface area contributed by atoms with E-state index >= 15 is 0 Å². The van der Waals surface area contributed by atoms with Crippen LogP contribution in [0.25, 0.3) is 0 Å². The minimum absolute atomic E-state index is 0.00875. The quantitative estimate of drug-likeness (QED) is 0.668. The molecule has 1 amide bonds. The molecule has 1 N–H and O–H groups in total. The summed E-state index contributed by atoms with van der Waals surface area (Å²) in [4.78, 5) is 13.2. The van der Waals surface area contributed by atoms with Crippen LogP contribution in [0, 0.1) is 0 Å². The zero-order valence-electron chi connectivity index (χ0n) is 9.50. The number of nitrogens with one attached hydrogen (secondary N) is 1. The van der Waals surface area contributed by atoms with E-state index < -0.39 is 0 Å². The third kappa shape index (κ3) is 4.18.